The first-order valence-electron chi connectivity index (χ1n) is 7.44. The zero-order chi connectivity index (χ0) is 15.1. The maximum absolute atomic E-state index is 12.6. The highest BCUT2D eigenvalue weighted by Gasteiger charge is 2.39. The molecule has 0 aliphatic carbocycles. The van der Waals surface area contributed by atoms with Crippen molar-refractivity contribution in [3.05, 3.63) is 24.3 Å². The van der Waals surface area contributed by atoms with Crippen LogP contribution in [0.15, 0.2) is 24.3 Å². The number of nitrogens with one attached hydrogen (secondary N) is 2. The lowest BCUT2D eigenvalue weighted by atomic mass is 9.78. The van der Waals surface area contributed by atoms with E-state index in [1.54, 1.807) is 7.11 Å². The minimum atomic E-state index is -0.432. The van der Waals surface area contributed by atoms with Gasteiger partial charge in [-0.1, -0.05) is 0 Å². The molecule has 0 bridgehead atoms. The fraction of sp³-hybridized carbons (Fsp3) is 0.562. The van der Waals surface area contributed by atoms with Crippen molar-refractivity contribution in [2.45, 2.75) is 19.8 Å². The summed E-state index contributed by atoms with van der Waals surface area (Å²) in [6.07, 6.45) is 1.59. The first-order valence-corrected chi connectivity index (χ1v) is 7.44. The van der Waals surface area contributed by atoms with Crippen molar-refractivity contribution in [1.82, 2.24) is 5.32 Å². The van der Waals surface area contributed by atoms with Gasteiger partial charge in [0.05, 0.1) is 18.6 Å². The molecule has 5 nitrogen and oxygen atoms in total. The molecule has 0 aromatic heterocycles. The van der Waals surface area contributed by atoms with Crippen molar-refractivity contribution in [3.8, 4) is 5.75 Å². The third-order valence-electron chi connectivity index (χ3n) is 3.89. The van der Waals surface area contributed by atoms with Gasteiger partial charge in [-0.3, -0.25) is 4.79 Å². The zero-order valence-electron chi connectivity index (χ0n) is 13.2. The number of hydrogen-bond acceptors (Lipinski definition) is 4. The zero-order valence-corrected chi connectivity index (χ0v) is 14.0. The molecule has 22 heavy (non-hydrogen) atoms. The quantitative estimate of drug-likeness (QED) is 0.842. The molecule has 0 atom stereocenters. The molecule has 1 aliphatic rings. The molecule has 1 heterocycles. The van der Waals surface area contributed by atoms with E-state index in [0.717, 1.165) is 37.4 Å². The molecule has 6 heteroatoms. The van der Waals surface area contributed by atoms with Crippen molar-refractivity contribution in [1.29, 1.82) is 0 Å². The Kier molecular flexibility index (Phi) is 7.65. The number of amides is 1. The van der Waals surface area contributed by atoms with Gasteiger partial charge >= 0.3 is 0 Å². The monoisotopic (exact) mass is 328 g/mol. The number of ether oxygens (including phenoxy) is 2. The van der Waals surface area contributed by atoms with Crippen LogP contribution in [0.3, 0.4) is 0 Å². The van der Waals surface area contributed by atoms with Crippen molar-refractivity contribution in [2.24, 2.45) is 5.41 Å². The van der Waals surface area contributed by atoms with Crippen molar-refractivity contribution >= 4 is 24.0 Å². The molecule has 2 N–H and O–H groups in total. The standard InChI is InChI=1S/C16H24N2O3.ClH/c1-3-21-14-6-4-13(5-7-14)18-15(19)16(12-20-2)8-10-17-11-9-16;/h4-7,17H,3,8-12H2,1-2H3,(H,18,19);1H. The Morgan fingerprint density at radius 3 is 2.45 bits per heavy atom. The Hall–Kier alpha value is -1.30. The van der Waals surface area contributed by atoms with Crippen LogP contribution in [0.5, 0.6) is 5.75 Å². The Morgan fingerprint density at radius 1 is 1.27 bits per heavy atom. The summed E-state index contributed by atoms with van der Waals surface area (Å²) in [4.78, 5) is 12.6. The molecular formula is C16H25ClN2O3. The van der Waals surface area contributed by atoms with Crippen LogP contribution in [0.4, 0.5) is 5.69 Å². The Balaban J connectivity index is 0.00000242. The summed E-state index contributed by atoms with van der Waals surface area (Å²) in [5, 5.41) is 6.29. The largest absolute Gasteiger partial charge is 0.494 e. The molecule has 0 saturated carbocycles. The van der Waals surface area contributed by atoms with Crippen molar-refractivity contribution in [3.63, 3.8) is 0 Å². The van der Waals surface area contributed by atoms with Gasteiger partial charge in [-0.15, -0.1) is 12.4 Å². The van der Waals surface area contributed by atoms with Crippen LogP contribution in [0.2, 0.25) is 0 Å². The second kappa shape index (κ2) is 8.98. The number of piperidine rings is 1. The molecule has 0 unspecified atom stereocenters. The predicted molar refractivity (Wildman–Crippen MR) is 89.9 cm³/mol. The number of benzene rings is 1. The number of halogens is 1. The number of carbonyl (C=O) groups is 1. The first-order chi connectivity index (χ1) is 10.2. The highest BCUT2D eigenvalue weighted by Crippen LogP contribution is 2.31. The van der Waals surface area contributed by atoms with Gasteiger partial charge in [-0.25, -0.2) is 0 Å². The van der Waals surface area contributed by atoms with Gasteiger partial charge in [0.15, 0.2) is 0 Å². The molecule has 0 spiro atoms. The van der Waals surface area contributed by atoms with Crippen LogP contribution < -0.4 is 15.4 Å². The molecule has 1 aromatic rings. The van der Waals surface area contributed by atoms with E-state index < -0.39 is 5.41 Å². The molecule has 2 rings (SSSR count). The summed E-state index contributed by atoms with van der Waals surface area (Å²) < 4.78 is 10.7. The van der Waals surface area contributed by atoms with Crippen LogP contribution in [0.1, 0.15) is 19.8 Å². The van der Waals surface area contributed by atoms with E-state index in [2.05, 4.69) is 10.6 Å². The summed E-state index contributed by atoms with van der Waals surface area (Å²) in [6, 6.07) is 7.46. The van der Waals surface area contributed by atoms with E-state index in [4.69, 9.17) is 9.47 Å². The smallest absolute Gasteiger partial charge is 0.233 e. The van der Waals surface area contributed by atoms with Gasteiger partial charge in [-0.2, -0.15) is 0 Å². The summed E-state index contributed by atoms with van der Waals surface area (Å²) in [5.74, 6) is 0.846. The number of hydrogen-bond donors (Lipinski definition) is 2. The molecule has 1 aromatic carbocycles. The minimum absolute atomic E-state index is 0. The second-order valence-electron chi connectivity index (χ2n) is 5.37. The summed E-state index contributed by atoms with van der Waals surface area (Å²) >= 11 is 0. The van der Waals surface area contributed by atoms with Crippen LogP contribution in [0, 0.1) is 5.41 Å². The van der Waals surface area contributed by atoms with Gasteiger partial charge in [0.2, 0.25) is 5.91 Å². The third kappa shape index (κ3) is 4.60. The van der Waals surface area contributed by atoms with E-state index in [9.17, 15) is 4.79 Å². The molecule has 1 saturated heterocycles. The third-order valence-corrected chi connectivity index (χ3v) is 3.89. The fourth-order valence-corrected chi connectivity index (χ4v) is 2.68. The maximum atomic E-state index is 12.6. The highest BCUT2D eigenvalue weighted by atomic mass is 35.5. The van der Waals surface area contributed by atoms with Gasteiger partial charge in [0, 0.05) is 12.8 Å². The molecule has 124 valence electrons. The van der Waals surface area contributed by atoms with Crippen LogP contribution in [-0.2, 0) is 9.53 Å². The summed E-state index contributed by atoms with van der Waals surface area (Å²) in [5.41, 5.74) is 0.357. The molecule has 1 aliphatic heterocycles. The number of rotatable bonds is 6. The number of carbonyl (C=O) groups excluding carboxylic acids is 1. The lowest BCUT2D eigenvalue weighted by Crippen LogP contribution is -2.47. The Bertz CT molecular complexity index is 453. The van der Waals surface area contributed by atoms with E-state index >= 15 is 0 Å². The van der Waals surface area contributed by atoms with Crippen molar-refractivity contribution in [2.75, 3.05) is 38.7 Å². The SMILES string of the molecule is CCOc1ccc(NC(=O)C2(COC)CCNCC2)cc1.Cl. The molecule has 1 fully saturated rings. The first kappa shape index (κ1) is 18.7. The Labute approximate surface area is 138 Å². The summed E-state index contributed by atoms with van der Waals surface area (Å²) in [6.45, 7) is 4.73. The van der Waals surface area contributed by atoms with E-state index in [1.807, 2.05) is 31.2 Å². The number of methoxy groups -OCH3 is 1. The molecule has 1 amide bonds. The van der Waals surface area contributed by atoms with Crippen LogP contribution >= 0.6 is 12.4 Å². The van der Waals surface area contributed by atoms with Crippen LogP contribution in [0.25, 0.3) is 0 Å². The van der Waals surface area contributed by atoms with E-state index in [-0.39, 0.29) is 18.3 Å². The molecule has 0 radical (unpaired) electrons. The fourth-order valence-electron chi connectivity index (χ4n) is 2.68. The highest BCUT2D eigenvalue weighted by molar-refractivity contribution is 5.95. The van der Waals surface area contributed by atoms with E-state index in [1.165, 1.54) is 0 Å². The average Bonchev–Trinajstić information content (AvgIpc) is 2.51. The van der Waals surface area contributed by atoms with Gasteiger partial charge < -0.3 is 20.1 Å². The lowest BCUT2D eigenvalue weighted by molar-refractivity contribution is -0.130. The second-order valence-corrected chi connectivity index (χ2v) is 5.37. The predicted octanol–water partition coefficient (Wildman–Crippen LogP) is 2.46. The van der Waals surface area contributed by atoms with Gasteiger partial charge in [0.1, 0.15) is 5.75 Å². The van der Waals surface area contributed by atoms with Crippen LogP contribution in [-0.4, -0.2) is 39.3 Å². The van der Waals surface area contributed by atoms with Gasteiger partial charge in [-0.05, 0) is 57.1 Å². The molecular weight excluding hydrogens is 304 g/mol. The maximum Gasteiger partial charge on any atom is 0.233 e. The normalized spacial score (nSPS) is 16.5. The average molecular weight is 329 g/mol. The minimum Gasteiger partial charge on any atom is -0.494 e. The topological polar surface area (TPSA) is 59.6 Å². The lowest BCUT2D eigenvalue weighted by Gasteiger charge is -2.35. The Morgan fingerprint density at radius 2 is 1.91 bits per heavy atom. The van der Waals surface area contributed by atoms with Crippen molar-refractivity contribution < 1.29 is 14.3 Å². The number of anilines is 1. The van der Waals surface area contributed by atoms with E-state index in [0.29, 0.717) is 13.2 Å². The van der Waals surface area contributed by atoms with Gasteiger partial charge in [0.25, 0.3) is 0 Å². The summed E-state index contributed by atoms with van der Waals surface area (Å²) in [7, 11) is 1.65.